The van der Waals surface area contributed by atoms with Gasteiger partial charge in [0, 0.05) is 6.42 Å². The summed E-state index contributed by atoms with van der Waals surface area (Å²) in [5.41, 5.74) is 0. The van der Waals surface area contributed by atoms with E-state index in [1.807, 2.05) is 0 Å². The van der Waals surface area contributed by atoms with Crippen molar-refractivity contribution in [2.75, 3.05) is 0 Å². The molecule has 0 aliphatic carbocycles. The topological polar surface area (TPSA) is 131 Å². The normalized spacial score (nSPS) is 18.0. The minimum Gasteiger partial charge on any atom is -0.748 e. The minimum atomic E-state index is -4.77. The van der Waals surface area contributed by atoms with Crippen LogP contribution in [0.25, 0.3) is 0 Å². The van der Waals surface area contributed by atoms with E-state index in [4.69, 9.17) is 0 Å². The van der Waals surface area contributed by atoms with Gasteiger partial charge in [-0.15, -0.1) is 0 Å². The number of rotatable bonds is 8. The molecule has 0 spiro atoms. The number of carbonyl (C=O) groups excluding carboxylic acids is 1. The fraction of sp³-hybridized carbons (Fsp3) is 0.900. The third kappa shape index (κ3) is 5.17. The summed E-state index contributed by atoms with van der Waals surface area (Å²) in [6.07, 6.45) is -0.842. The first-order valence-corrected chi connectivity index (χ1v) is 8.57. The monoisotopic (exact) mass is 314 g/mol. The van der Waals surface area contributed by atoms with Crippen molar-refractivity contribution in [2.24, 2.45) is 5.92 Å². The molecule has 2 atom stereocenters. The molecule has 0 fully saturated rings. The Morgan fingerprint density at radius 1 is 1.16 bits per heavy atom. The third-order valence-corrected chi connectivity index (χ3v) is 6.29. The molecule has 0 aliphatic heterocycles. The zero-order valence-corrected chi connectivity index (χ0v) is 12.7. The van der Waals surface area contributed by atoms with Crippen molar-refractivity contribution in [2.45, 2.75) is 50.0 Å². The van der Waals surface area contributed by atoms with Crippen molar-refractivity contribution in [3.8, 4) is 0 Å². The van der Waals surface area contributed by atoms with E-state index < -0.39 is 42.6 Å². The number of aldehydes is 1. The van der Waals surface area contributed by atoms with E-state index >= 15 is 0 Å². The highest BCUT2D eigenvalue weighted by molar-refractivity contribution is 7.87. The van der Waals surface area contributed by atoms with Crippen LogP contribution in [-0.4, -0.2) is 42.2 Å². The molecule has 0 aromatic carbocycles. The van der Waals surface area contributed by atoms with Gasteiger partial charge in [-0.2, -0.15) is 0 Å². The number of hydrogen-bond donors (Lipinski definition) is 0. The standard InChI is InChI=1S/C10H20O7S2/c1-8(2)9(18(12,13)14)4-5-10(3,6-7-11)19(15,16)17/h7-9H,4-6H2,1-3H3,(H,12,13,14)(H,15,16,17)/p-2. The lowest BCUT2D eigenvalue weighted by Crippen LogP contribution is -2.38. The highest BCUT2D eigenvalue weighted by Crippen LogP contribution is 2.29. The van der Waals surface area contributed by atoms with E-state index in [2.05, 4.69) is 0 Å². The summed E-state index contributed by atoms with van der Waals surface area (Å²) in [5.74, 6) is -0.502. The Bertz CT molecular complexity index is 506. The van der Waals surface area contributed by atoms with Gasteiger partial charge in [0.1, 0.15) is 16.4 Å². The van der Waals surface area contributed by atoms with Gasteiger partial charge in [0.05, 0.1) is 20.1 Å². The second-order valence-corrected chi connectivity index (χ2v) is 8.57. The molecule has 0 aliphatic rings. The summed E-state index contributed by atoms with van der Waals surface area (Å²) < 4.78 is 64.7. The first kappa shape index (κ1) is 18.5. The average Bonchev–Trinajstić information content (AvgIpc) is 2.13. The van der Waals surface area contributed by atoms with Crippen molar-refractivity contribution < 1.29 is 30.7 Å². The lowest BCUT2D eigenvalue weighted by atomic mass is 9.96. The molecule has 9 heteroatoms. The van der Waals surface area contributed by atoms with Crippen LogP contribution in [0.5, 0.6) is 0 Å². The van der Waals surface area contributed by atoms with Crippen LogP contribution in [0, 0.1) is 5.92 Å². The van der Waals surface area contributed by atoms with Crippen molar-refractivity contribution in [3.63, 3.8) is 0 Å². The first-order valence-electron chi connectivity index (χ1n) is 5.69. The summed E-state index contributed by atoms with van der Waals surface area (Å²) in [5, 5.41) is -1.28. The van der Waals surface area contributed by atoms with E-state index in [-0.39, 0.29) is 12.8 Å². The largest absolute Gasteiger partial charge is 0.748 e. The van der Waals surface area contributed by atoms with Crippen molar-refractivity contribution in [1.29, 1.82) is 0 Å². The Morgan fingerprint density at radius 3 is 1.89 bits per heavy atom. The molecule has 19 heavy (non-hydrogen) atoms. The van der Waals surface area contributed by atoms with Gasteiger partial charge < -0.3 is 13.9 Å². The molecule has 0 heterocycles. The fourth-order valence-corrected chi connectivity index (χ4v) is 3.48. The Morgan fingerprint density at radius 2 is 1.63 bits per heavy atom. The SMILES string of the molecule is CC(C)C(CCC(C)(CC=O)S(=O)(=O)[O-])S(=O)(=O)[O-]. The van der Waals surface area contributed by atoms with E-state index in [1.54, 1.807) is 0 Å². The van der Waals surface area contributed by atoms with Crippen molar-refractivity contribution in [3.05, 3.63) is 0 Å². The van der Waals surface area contributed by atoms with Crippen molar-refractivity contribution >= 4 is 26.5 Å². The number of hydrogen-bond acceptors (Lipinski definition) is 7. The molecule has 114 valence electrons. The lowest BCUT2D eigenvalue weighted by molar-refractivity contribution is -0.108. The van der Waals surface area contributed by atoms with Gasteiger partial charge in [-0.25, -0.2) is 16.8 Å². The van der Waals surface area contributed by atoms with Gasteiger partial charge in [-0.1, -0.05) is 13.8 Å². The molecule has 0 amide bonds. The Hall–Kier alpha value is -0.510. The molecule has 2 unspecified atom stereocenters. The predicted molar refractivity (Wildman–Crippen MR) is 66.3 cm³/mol. The first-order chi connectivity index (χ1) is 8.35. The summed E-state index contributed by atoms with van der Waals surface area (Å²) >= 11 is 0. The van der Waals surface area contributed by atoms with Crippen LogP contribution in [0.1, 0.15) is 40.0 Å². The molecular weight excluding hydrogens is 296 g/mol. The van der Waals surface area contributed by atoms with Gasteiger partial charge >= 0.3 is 0 Å². The molecule has 7 nitrogen and oxygen atoms in total. The predicted octanol–water partition coefficient (Wildman–Crippen LogP) is 0.229. The van der Waals surface area contributed by atoms with Crippen molar-refractivity contribution in [1.82, 2.24) is 0 Å². The maximum atomic E-state index is 11.1. The van der Waals surface area contributed by atoms with E-state index in [1.165, 1.54) is 13.8 Å². The quantitative estimate of drug-likeness (QED) is 0.462. The van der Waals surface area contributed by atoms with E-state index in [9.17, 15) is 30.7 Å². The lowest BCUT2D eigenvalue weighted by Gasteiger charge is -2.33. The molecule has 0 bridgehead atoms. The molecule has 0 N–H and O–H groups in total. The minimum absolute atomic E-state index is 0.269. The summed E-state index contributed by atoms with van der Waals surface area (Å²) in [6, 6.07) is 0. The van der Waals surface area contributed by atoms with E-state index in [0.29, 0.717) is 6.29 Å². The fourth-order valence-electron chi connectivity index (χ4n) is 1.76. The Labute approximate surface area is 113 Å². The van der Waals surface area contributed by atoms with Crippen LogP contribution in [0.3, 0.4) is 0 Å². The average molecular weight is 314 g/mol. The number of carbonyl (C=O) groups is 1. The molecule has 0 saturated carbocycles. The highest BCUT2D eigenvalue weighted by Gasteiger charge is 2.34. The molecule has 0 aromatic heterocycles. The van der Waals surface area contributed by atoms with Gasteiger partial charge in [0.2, 0.25) is 0 Å². The summed E-state index contributed by atoms with van der Waals surface area (Å²) in [7, 11) is -9.35. The van der Waals surface area contributed by atoms with Crippen LogP contribution in [0.4, 0.5) is 0 Å². The van der Waals surface area contributed by atoms with Crippen LogP contribution in [0.15, 0.2) is 0 Å². The molecule has 0 saturated heterocycles. The summed E-state index contributed by atoms with van der Waals surface area (Å²) in [6.45, 7) is 4.12. The van der Waals surface area contributed by atoms with E-state index in [0.717, 1.165) is 6.92 Å². The van der Waals surface area contributed by atoms with Crippen LogP contribution in [0.2, 0.25) is 0 Å². The van der Waals surface area contributed by atoms with Crippen LogP contribution < -0.4 is 0 Å². The maximum absolute atomic E-state index is 11.1. The molecule has 0 aromatic rings. The van der Waals surface area contributed by atoms with Gasteiger partial charge in [-0.3, -0.25) is 0 Å². The maximum Gasteiger partial charge on any atom is 0.121 e. The highest BCUT2D eigenvalue weighted by atomic mass is 32.2. The zero-order valence-electron chi connectivity index (χ0n) is 11.0. The summed E-state index contributed by atoms with van der Waals surface area (Å²) in [4.78, 5) is 10.5. The Kier molecular flexibility index (Phi) is 6.12. The molecule has 0 rings (SSSR count). The van der Waals surface area contributed by atoms with Gasteiger partial charge in [-0.05, 0) is 25.7 Å². The second-order valence-electron chi connectivity index (χ2n) is 5.09. The van der Waals surface area contributed by atoms with Crippen LogP contribution >= 0.6 is 0 Å². The zero-order chi connectivity index (χ0) is 15.5. The van der Waals surface area contributed by atoms with Crippen LogP contribution in [-0.2, 0) is 25.0 Å². The molecular formula is C10H18O7S2-2. The van der Waals surface area contributed by atoms with Gasteiger partial charge in [0.25, 0.3) is 0 Å². The smallest absolute Gasteiger partial charge is 0.121 e. The third-order valence-electron chi connectivity index (χ3n) is 3.19. The Balaban J connectivity index is 5.16. The second kappa shape index (κ2) is 6.29. The molecule has 0 radical (unpaired) electrons. The van der Waals surface area contributed by atoms with Gasteiger partial charge in [0.15, 0.2) is 0 Å².